The van der Waals surface area contributed by atoms with Gasteiger partial charge in [0.15, 0.2) is 0 Å². The molecular weight excluding hydrogens is 166 g/mol. The summed E-state index contributed by atoms with van der Waals surface area (Å²) in [4.78, 5) is 13.8. The fraction of sp³-hybridized carbons (Fsp3) is 0.900. The maximum Gasteiger partial charge on any atom is 0.225 e. The van der Waals surface area contributed by atoms with Gasteiger partial charge in [-0.1, -0.05) is 6.42 Å². The molecule has 0 aromatic rings. The first kappa shape index (κ1) is 7.80. The summed E-state index contributed by atoms with van der Waals surface area (Å²) in [6.45, 7) is 1.79. The predicted octanol–water partition coefficient (Wildman–Crippen LogP) is 0.786. The first-order valence-electron chi connectivity index (χ1n) is 5.29. The fourth-order valence-electron chi connectivity index (χ4n) is 2.30. The van der Waals surface area contributed by atoms with Crippen molar-refractivity contribution in [3.8, 4) is 0 Å². The molecule has 3 heteroatoms. The van der Waals surface area contributed by atoms with Gasteiger partial charge in [0.05, 0.1) is 6.10 Å². The molecule has 3 nitrogen and oxygen atoms in total. The van der Waals surface area contributed by atoms with Crippen molar-refractivity contribution < 1.29 is 9.53 Å². The number of ether oxygens (including phenoxy) is 1. The van der Waals surface area contributed by atoms with Crippen LogP contribution >= 0.6 is 0 Å². The van der Waals surface area contributed by atoms with Crippen LogP contribution in [0.2, 0.25) is 0 Å². The lowest BCUT2D eigenvalue weighted by Gasteiger charge is -2.32. The molecule has 3 rings (SSSR count). The Labute approximate surface area is 78.0 Å². The maximum atomic E-state index is 11.8. The molecule has 3 fully saturated rings. The Kier molecular flexibility index (Phi) is 1.62. The number of amides is 1. The minimum absolute atomic E-state index is 0.357. The van der Waals surface area contributed by atoms with Crippen LogP contribution in [0.1, 0.15) is 25.7 Å². The van der Waals surface area contributed by atoms with Gasteiger partial charge >= 0.3 is 0 Å². The molecule has 2 saturated heterocycles. The summed E-state index contributed by atoms with van der Waals surface area (Å²) in [6, 6.07) is 0. The van der Waals surface area contributed by atoms with E-state index in [-0.39, 0.29) is 0 Å². The molecule has 0 radical (unpaired) electrons. The van der Waals surface area contributed by atoms with Crippen molar-refractivity contribution in [3.63, 3.8) is 0 Å². The van der Waals surface area contributed by atoms with Gasteiger partial charge < -0.3 is 9.64 Å². The molecule has 0 N–H and O–H groups in total. The lowest BCUT2D eigenvalue weighted by Crippen LogP contribution is -2.44. The van der Waals surface area contributed by atoms with E-state index in [9.17, 15) is 4.79 Å². The van der Waals surface area contributed by atoms with Crippen molar-refractivity contribution >= 4 is 5.91 Å². The third-order valence-corrected chi connectivity index (χ3v) is 3.54. The summed E-state index contributed by atoms with van der Waals surface area (Å²) in [5.74, 6) is 0.746. The summed E-state index contributed by atoms with van der Waals surface area (Å²) >= 11 is 0. The van der Waals surface area contributed by atoms with Gasteiger partial charge in [0.25, 0.3) is 0 Å². The highest BCUT2D eigenvalue weighted by atomic mass is 16.6. The van der Waals surface area contributed by atoms with Crippen molar-refractivity contribution in [2.24, 2.45) is 5.92 Å². The van der Waals surface area contributed by atoms with Gasteiger partial charge in [-0.25, -0.2) is 0 Å². The van der Waals surface area contributed by atoms with E-state index in [0.29, 0.717) is 24.0 Å². The summed E-state index contributed by atoms with van der Waals surface area (Å²) in [7, 11) is 0. The zero-order valence-corrected chi connectivity index (χ0v) is 7.74. The van der Waals surface area contributed by atoms with E-state index in [1.807, 2.05) is 4.90 Å². The Morgan fingerprint density at radius 1 is 1.23 bits per heavy atom. The Hall–Kier alpha value is -0.570. The molecule has 1 saturated carbocycles. The number of fused-ring (bicyclic) bond motifs is 1. The molecule has 13 heavy (non-hydrogen) atoms. The van der Waals surface area contributed by atoms with Crippen LogP contribution in [0.15, 0.2) is 0 Å². The van der Waals surface area contributed by atoms with Gasteiger partial charge in [0.2, 0.25) is 5.91 Å². The van der Waals surface area contributed by atoms with Gasteiger partial charge in [-0.15, -0.1) is 0 Å². The van der Waals surface area contributed by atoms with Crippen LogP contribution in [0.25, 0.3) is 0 Å². The summed E-state index contributed by atoms with van der Waals surface area (Å²) < 4.78 is 5.40. The predicted molar refractivity (Wildman–Crippen MR) is 47.2 cm³/mol. The molecule has 2 aliphatic heterocycles. The minimum Gasteiger partial charge on any atom is -0.368 e. The van der Waals surface area contributed by atoms with E-state index in [2.05, 4.69) is 0 Å². The fourth-order valence-corrected chi connectivity index (χ4v) is 2.30. The van der Waals surface area contributed by atoms with Crippen LogP contribution in [0.4, 0.5) is 0 Å². The zero-order valence-electron chi connectivity index (χ0n) is 7.74. The highest BCUT2D eigenvalue weighted by Gasteiger charge is 2.45. The van der Waals surface area contributed by atoms with Gasteiger partial charge in [-0.3, -0.25) is 4.79 Å². The molecule has 0 aromatic carbocycles. The number of carbonyl (C=O) groups excluding carboxylic acids is 1. The van der Waals surface area contributed by atoms with Crippen molar-refractivity contribution in [2.45, 2.75) is 37.9 Å². The average Bonchev–Trinajstić information content (AvgIpc) is 2.77. The van der Waals surface area contributed by atoms with Crippen LogP contribution < -0.4 is 0 Å². The van der Waals surface area contributed by atoms with Gasteiger partial charge in [0, 0.05) is 19.0 Å². The number of hydrogen-bond donors (Lipinski definition) is 0. The van der Waals surface area contributed by atoms with Crippen molar-refractivity contribution in [1.29, 1.82) is 0 Å². The van der Waals surface area contributed by atoms with E-state index in [0.717, 1.165) is 32.4 Å². The standard InChI is InChI=1S/C10H15NO2/c12-10(7-2-1-3-7)11-5-4-8-9(6-11)13-8/h7-9H,1-6H2/t8-,9-/m1/s1. The largest absolute Gasteiger partial charge is 0.368 e. The summed E-state index contributed by atoms with van der Waals surface area (Å²) in [5, 5.41) is 0. The van der Waals surface area contributed by atoms with Crippen LogP contribution in [0.5, 0.6) is 0 Å². The molecular formula is C10H15NO2. The van der Waals surface area contributed by atoms with Crippen LogP contribution in [0, 0.1) is 5.92 Å². The average molecular weight is 181 g/mol. The maximum absolute atomic E-state index is 11.8. The smallest absolute Gasteiger partial charge is 0.225 e. The van der Waals surface area contributed by atoms with E-state index in [1.165, 1.54) is 6.42 Å². The van der Waals surface area contributed by atoms with Gasteiger partial charge in [-0.2, -0.15) is 0 Å². The Balaban J connectivity index is 1.60. The first-order valence-corrected chi connectivity index (χ1v) is 5.29. The Morgan fingerprint density at radius 2 is 2.08 bits per heavy atom. The number of epoxide rings is 1. The summed E-state index contributed by atoms with van der Waals surface area (Å²) in [5.41, 5.74) is 0. The van der Waals surface area contributed by atoms with E-state index >= 15 is 0 Å². The molecule has 3 aliphatic rings. The molecule has 1 aliphatic carbocycles. The molecule has 0 bridgehead atoms. The monoisotopic (exact) mass is 181 g/mol. The van der Waals surface area contributed by atoms with Crippen molar-refractivity contribution in [2.75, 3.05) is 13.1 Å². The molecule has 72 valence electrons. The van der Waals surface area contributed by atoms with Crippen molar-refractivity contribution in [1.82, 2.24) is 4.90 Å². The number of piperidine rings is 1. The van der Waals surface area contributed by atoms with Crippen LogP contribution in [-0.4, -0.2) is 36.1 Å². The second-order valence-electron chi connectivity index (χ2n) is 4.41. The number of likely N-dealkylation sites (tertiary alicyclic amines) is 1. The van der Waals surface area contributed by atoms with Crippen LogP contribution in [0.3, 0.4) is 0 Å². The number of nitrogens with zero attached hydrogens (tertiary/aromatic N) is 1. The molecule has 2 heterocycles. The topological polar surface area (TPSA) is 32.8 Å². The quantitative estimate of drug-likeness (QED) is 0.560. The third kappa shape index (κ3) is 1.26. The third-order valence-electron chi connectivity index (χ3n) is 3.54. The molecule has 1 amide bonds. The lowest BCUT2D eigenvalue weighted by molar-refractivity contribution is -0.138. The highest BCUT2D eigenvalue weighted by molar-refractivity contribution is 5.79. The lowest BCUT2D eigenvalue weighted by atomic mass is 9.84. The Bertz CT molecular complexity index is 237. The van der Waals surface area contributed by atoms with E-state index in [1.54, 1.807) is 0 Å². The molecule has 0 spiro atoms. The van der Waals surface area contributed by atoms with E-state index < -0.39 is 0 Å². The normalized spacial score (nSPS) is 38.0. The Morgan fingerprint density at radius 3 is 2.69 bits per heavy atom. The highest BCUT2D eigenvalue weighted by Crippen LogP contribution is 2.34. The molecule has 2 atom stereocenters. The SMILES string of the molecule is O=C(C1CCC1)N1CC[C@H]2O[C@@H]2C1. The minimum atomic E-state index is 0.357. The molecule has 0 unspecified atom stereocenters. The number of hydrogen-bond acceptors (Lipinski definition) is 2. The van der Waals surface area contributed by atoms with E-state index in [4.69, 9.17) is 4.74 Å². The van der Waals surface area contributed by atoms with Crippen molar-refractivity contribution in [3.05, 3.63) is 0 Å². The molecule has 0 aromatic heterocycles. The zero-order chi connectivity index (χ0) is 8.84. The van der Waals surface area contributed by atoms with Gasteiger partial charge in [0.1, 0.15) is 6.10 Å². The number of carbonyl (C=O) groups is 1. The number of rotatable bonds is 1. The van der Waals surface area contributed by atoms with Crippen LogP contribution in [-0.2, 0) is 9.53 Å². The summed E-state index contributed by atoms with van der Waals surface area (Å²) in [6.07, 6.45) is 5.41. The second-order valence-corrected chi connectivity index (χ2v) is 4.41. The second kappa shape index (κ2) is 2.71. The van der Waals surface area contributed by atoms with Gasteiger partial charge in [-0.05, 0) is 19.3 Å². The first-order chi connectivity index (χ1) is 6.34.